The van der Waals surface area contributed by atoms with E-state index < -0.39 is 5.97 Å². The number of carbonyl (C=O) groups is 2. The van der Waals surface area contributed by atoms with Crippen LogP contribution in [0.4, 0.5) is 0 Å². The predicted molar refractivity (Wildman–Crippen MR) is 101 cm³/mol. The number of nitrogens with zero attached hydrogens (tertiary/aromatic N) is 2. The van der Waals surface area contributed by atoms with Crippen LogP contribution in [0.5, 0.6) is 0 Å². The molecule has 0 spiro atoms. The lowest BCUT2D eigenvalue weighted by molar-refractivity contribution is 0.0593. The Bertz CT molecular complexity index is 743. The molecule has 2 heterocycles. The molecule has 8 heteroatoms. The van der Waals surface area contributed by atoms with Gasteiger partial charge in [0.05, 0.1) is 12.8 Å². The van der Waals surface area contributed by atoms with Gasteiger partial charge < -0.3 is 10.1 Å². The van der Waals surface area contributed by atoms with Crippen molar-refractivity contribution < 1.29 is 14.3 Å². The quantitative estimate of drug-likeness (QED) is 0.806. The first kappa shape index (κ1) is 17.9. The van der Waals surface area contributed by atoms with Crippen molar-refractivity contribution in [2.24, 2.45) is 0 Å². The third-order valence-corrected chi connectivity index (χ3v) is 6.56. The molecule has 0 saturated carbocycles. The summed E-state index contributed by atoms with van der Waals surface area (Å²) in [5, 5.41) is 7.61. The molecule has 1 N–H and O–H groups in total. The number of nitrogens with one attached hydrogen (secondary N) is 1. The van der Waals surface area contributed by atoms with Crippen LogP contribution in [0.1, 0.15) is 21.0 Å². The average molecular weight is 377 g/mol. The number of esters is 1. The molecule has 1 atom stereocenters. The molecule has 1 aromatic carbocycles. The van der Waals surface area contributed by atoms with Crippen LogP contribution in [0, 0.1) is 0 Å². The Balaban J connectivity index is 1.81. The number of thioether (sulfide) groups is 2. The Labute approximate surface area is 154 Å². The van der Waals surface area contributed by atoms with E-state index in [0.717, 1.165) is 11.5 Å². The second-order valence-electron chi connectivity index (χ2n) is 5.43. The highest BCUT2D eigenvalue weighted by Crippen LogP contribution is 2.23. The van der Waals surface area contributed by atoms with Crippen LogP contribution < -0.4 is 5.32 Å². The van der Waals surface area contributed by atoms with E-state index in [2.05, 4.69) is 10.4 Å². The number of amides is 1. The smallest absolute Gasteiger partial charge is 0.358 e. The van der Waals surface area contributed by atoms with Crippen molar-refractivity contribution in [2.45, 2.75) is 5.25 Å². The van der Waals surface area contributed by atoms with E-state index in [1.165, 1.54) is 23.6 Å². The monoisotopic (exact) mass is 377 g/mol. The van der Waals surface area contributed by atoms with Crippen molar-refractivity contribution >= 4 is 35.4 Å². The van der Waals surface area contributed by atoms with Gasteiger partial charge >= 0.3 is 5.97 Å². The number of para-hydroxylation sites is 1. The number of methoxy groups -OCH3 is 1. The second kappa shape index (κ2) is 8.44. The molecule has 0 aliphatic carbocycles. The van der Waals surface area contributed by atoms with E-state index in [1.54, 1.807) is 0 Å². The van der Waals surface area contributed by atoms with Gasteiger partial charge in [0.2, 0.25) is 0 Å². The number of aromatic nitrogens is 2. The minimum atomic E-state index is -0.567. The maximum Gasteiger partial charge on any atom is 0.358 e. The molecule has 1 fully saturated rings. The fraction of sp³-hybridized carbons (Fsp3) is 0.353. The Morgan fingerprint density at radius 3 is 2.80 bits per heavy atom. The van der Waals surface area contributed by atoms with E-state index in [4.69, 9.17) is 4.74 Å². The fourth-order valence-electron chi connectivity index (χ4n) is 2.46. The Kier molecular flexibility index (Phi) is 6.04. The standard InChI is InChI=1S/C17H19N3O3S2/c1-23-17(22)14-9-15(20(19-14)12-5-3-2-4-6-12)16(21)18-10-13-11-24-7-8-25-13/h2-6,9,13H,7-8,10-11H2,1H3,(H,18,21)/t13-/m1/s1. The SMILES string of the molecule is COC(=O)c1cc(C(=O)NC[C@@H]2CSCCS2)n(-c2ccccc2)n1. The predicted octanol–water partition coefficient (Wildman–Crippen LogP) is 2.24. The van der Waals surface area contributed by atoms with Crippen LogP contribution in [0.15, 0.2) is 36.4 Å². The molecule has 0 unspecified atom stereocenters. The lowest BCUT2D eigenvalue weighted by atomic mass is 10.3. The van der Waals surface area contributed by atoms with E-state index in [0.29, 0.717) is 23.2 Å². The van der Waals surface area contributed by atoms with E-state index in [1.807, 2.05) is 53.9 Å². The molecule has 1 amide bonds. The highest BCUT2D eigenvalue weighted by atomic mass is 32.2. The number of ether oxygens (including phenoxy) is 1. The van der Waals surface area contributed by atoms with E-state index in [-0.39, 0.29) is 11.6 Å². The van der Waals surface area contributed by atoms with Gasteiger partial charge in [-0.15, -0.1) is 0 Å². The largest absolute Gasteiger partial charge is 0.464 e. The zero-order valence-corrected chi connectivity index (χ0v) is 15.4. The van der Waals surface area contributed by atoms with E-state index >= 15 is 0 Å². The van der Waals surface area contributed by atoms with Crippen molar-refractivity contribution in [3.63, 3.8) is 0 Å². The van der Waals surface area contributed by atoms with Crippen molar-refractivity contribution in [1.29, 1.82) is 0 Å². The van der Waals surface area contributed by atoms with Gasteiger partial charge in [0.15, 0.2) is 5.69 Å². The number of benzene rings is 1. The first-order chi connectivity index (χ1) is 12.2. The highest BCUT2D eigenvalue weighted by molar-refractivity contribution is 8.06. The Morgan fingerprint density at radius 2 is 2.12 bits per heavy atom. The zero-order valence-electron chi connectivity index (χ0n) is 13.8. The van der Waals surface area contributed by atoms with Crippen LogP contribution >= 0.6 is 23.5 Å². The van der Waals surface area contributed by atoms with E-state index in [9.17, 15) is 9.59 Å². The summed E-state index contributed by atoms with van der Waals surface area (Å²) in [6.07, 6.45) is 0. The molecule has 3 rings (SSSR count). The van der Waals surface area contributed by atoms with Gasteiger partial charge in [-0.2, -0.15) is 28.6 Å². The first-order valence-electron chi connectivity index (χ1n) is 7.90. The molecule has 1 saturated heterocycles. The molecular formula is C17H19N3O3S2. The van der Waals surface area contributed by atoms with Crippen molar-refractivity contribution in [3.05, 3.63) is 47.8 Å². The molecule has 1 aliphatic heterocycles. The highest BCUT2D eigenvalue weighted by Gasteiger charge is 2.22. The molecule has 0 radical (unpaired) electrons. The lowest BCUT2D eigenvalue weighted by Crippen LogP contribution is -2.34. The first-order valence-corrected chi connectivity index (χ1v) is 10.1. The van der Waals surface area contributed by atoms with Gasteiger partial charge in [-0.3, -0.25) is 4.79 Å². The molecular weight excluding hydrogens is 358 g/mol. The third-order valence-electron chi connectivity index (χ3n) is 3.71. The maximum atomic E-state index is 12.7. The normalized spacial score (nSPS) is 17.1. The summed E-state index contributed by atoms with van der Waals surface area (Å²) in [5.41, 5.74) is 1.14. The number of hydrogen-bond acceptors (Lipinski definition) is 6. The van der Waals surface area contributed by atoms with Crippen LogP contribution in [0.25, 0.3) is 5.69 Å². The van der Waals surface area contributed by atoms with Gasteiger partial charge in [0.25, 0.3) is 5.91 Å². The summed E-state index contributed by atoms with van der Waals surface area (Å²) in [7, 11) is 1.29. The molecule has 2 aromatic rings. The molecule has 6 nitrogen and oxygen atoms in total. The summed E-state index contributed by atoms with van der Waals surface area (Å²) in [4.78, 5) is 24.5. The van der Waals surface area contributed by atoms with Crippen LogP contribution in [-0.2, 0) is 4.74 Å². The summed E-state index contributed by atoms with van der Waals surface area (Å²) < 4.78 is 6.20. The number of rotatable bonds is 5. The lowest BCUT2D eigenvalue weighted by Gasteiger charge is -2.21. The fourth-order valence-corrected chi connectivity index (χ4v) is 5.08. The van der Waals surface area contributed by atoms with Crippen LogP contribution in [-0.4, -0.2) is 57.8 Å². The third kappa shape index (κ3) is 4.38. The topological polar surface area (TPSA) is 73.2 Å². The second-order valence-corrected chi connectivity index (χ2v) is 7.99. The molecule has 1 aromatic heterocycles. The van der Waals surface area contributed by atoms with Gasteiger partial charge in [-0.25, -0.2) is 9.48 Å². The van der Waals surface area contributed by atoms with Crippen molar-refractivity contribution in [2.75, 3.05) is 30.9 Å². The van der Waals surface area contributed by atoms with Crippen LogP contribution in [0.2, 0.25) is 0 Å². The minimum Gasteiger partial charge on any atom is -0.464 e. The molecule has 25 heavy (non-hydrogen) atoms. The van der Waals surface area contributed by atoms with Crippen LogP contribution in [0.3, 0.4) is 0 Å². The Morgan fingerprint density at radius 1 is 1.32 bits per heavy atom. The Hall–Kier alpha value is -1.93. The van der Waals surface area contributed by atoms with Crippen molar-refractivity contribution in [1.82, 2.24) is 15.1 Å². The van der Waals surface area contributed by atoms with Crippen molar-refractivity contribution in [3.8, 4) is 5.69 Å². The minimum absolute atomic E-state index is 0.110. The zero-order chi connectivity index (χ0) is 17.6. The molecule has 132 valence electrons. The summed E-state index contributed by atoms with van der Waals surface area (Å²) in [5.74, 6) is 2.50. The average Bonchev–Trinajstić information content (AvgIpc) is 3.12. The summed E-state index contributed by atoms with van der Waals surface area (Å²) >= 11 is 3.79. The van der Waals surface area contributed by atoms with Gasteiger partial charge in [0.1, 0.15) is 5.69 Å². The van der Waals surface area contributed by atoms with Gasteiger partial charge in [-0.05, 0) is 12.1 Å². The number of hydrogen-bond donors (Lipinski definition) is 1. The van der Waals surface area contributed by atoms with Gasteiger partial charge in [0, 0.05) is 35.1 Å². The van der Waals surface area contributed by atoms with Gasteiger partial charge in [-0.1, -0.05) is 18.2 Å². The molecule has 0 bridgehead atoms. The maximum absolute atomic E-state index is 12.7. The summed E-state index contributed by atoms with van der Waals surface area (Å²) in [6.45, 7) is 0.601. The summed E-state index contributed by atoms with van der Waals surface area (Å²) in [6, 6.07) is 10.7. The number of carbonyl (C=O) groups excluding carboxylic acids is 2. The molecule has 1 aliphatic rings.